The molecule has 0 saturated carbocycles. The zero-order valence-electron chi connectivity index (χ0n) is 32.7. The largest absolute Gasteiger partial charge is 0.311 e. The van der Waals surface area contributed by atoms with E-state index in [1.807, 2.05) is 0 Å². The Kier molecular flexibility index (Phi) is 8.84. The van der Waals surface area contributed by atoms with Crippen molar-refractivity contribution in [3.8, 4) is 11.1 Å². The van der Waals surface area contributed by atoms with Crippen molar-refractivity contribution < 1.29 is 0 Å². The highest BCUT2D eigenvalue weighted by Crippen LogP contribution is 2.51. The SMILES string of the molecule is CC1(C)c2ccccc2-c2ccc(N(c3ccc(N(c4ccccc4)c4ccccc4)cc3)c3ccc(N(c4ccccc4)c4cccc5ccccc45)cc3)cc21. The van der Waals surface area contributed by atoms with E-state index in [9.17, 15) is 0 Å². The summed E-state index contributed by atoms with van der Waals surface area (Å²) >= 11 is 0. The fourth-order valence-electron chi connectivity index (χ4n) is 8.79. The summed E-state index contributed by atoms with van der Waals surface area (Å²) in [7, 11) is 0. The van der Waals surface area contributed by atoms with Crippen LogP contribution in [-0.2, 0) is 5.41 Å². The maximum absolute atomic E-state index is 2.41. The van der Waals surface area contributed by atoms with Crippen molar-refractivity contribution >= 4 is 62.0 Å². The Morgan fingerprint density at radius 3 is 1.28 bits per heavy atom. The van der Waals surface area contributed by atoms with Gasteiger partial charge in [-0.15, -0.1) is 0 Å². The molecule has 1 aliphatic rings. The van der Waals surface area contributed by atoms with Gasteiger partial charge < -0.3 is 14.7 Å². The molecule has 278 valence electrons. The summed E-state index contributed by atoms with van der Waals surface area (Å²) in [5, 5.41) is 2.42. The van der Waals surface area contributed by atoms with E-state index < -0.39 is 0 Å². The third-order valence-electron chi connectivity index (χ3n) is 11.6. The van der Waals surface area contributed by atoms with Gasteiger partial charge in [-0.1, -0.05) is 135 Å². The van der Waals surface area contributed by atoms with E-state index in [-0.39, 0.29) is 5.41 Å². The van der Waals surface area contributed by atoms with E-state index in [0.717, 1.165) is 51.2 Å². The Morgan fingerprint density at radius 1 is 0.293 bits per heavy atom. The summed E-state index contributed by atoms with van der Waals surface area (Å²) < 4.78 is 0. The summed E-state index contributed by atoms with van der Waals surface area (Å²) in [6.07, 6.45) is 0. The van der Waals surface area contributed by atoms with Gasteiger partial charge in [-0.3, -0.25) is 0 Å². The highest BCUT2D eigenvalue weighted by atomic mass is 15.2. The fraction of sp³-hybridized carbons (Fsp3) is 0.0545. The first-order chi connectivity index (χ1) is 28.5. The van der Waals surface area contributed by atoms with Gasteiger partial charge in [0, 0.05) is 56.3 Å². The van der Waals surface area contributed by atoms with Gasteiger partial charge in [0.15, 0.2) is 0 Å². The second-order valence-corrected chi connectivity index (χ2v) is 15.4. The highest BCUT2D eigenvalue weighted by Gasteiger charge is 2.35. The topological polar surface area (TPSA) is 9.72 Å². The molecule has 10 rings (SSSR count). The molecule has 0 fully saturated rings. The Morgan fingerprint density at radius 2 is 0.690 bits per heavy atom. The van der Waals surface area contributed by atoms with Crippen LogP contribution in [0.5, 0.6) is 0 Å². The van der Waals surface area contributed by atoms with Gasteiger partial charge in [-0.2, -0.15) is 0 Å². The normalized spacial score (nSPS) is 12.4. The highest BCUT2D eigenvalue weighted by molar-refractivity contribution is 5.99. The lowest BCUT2D eigenvalue weighted by Crippen LogP contribution is -2.17. The van der Waals surface area contributed by atoms with E-state index in [1.165, 1.54) is 33.0 Å². The van der Waals surface area contributed by atoms with Crippen LogP contribution in [-0.4, -0.2) is 0 Å². The fourth-order valence-corrected chi connectivity index (χ4v) is 8.79. The predicted octanol–water partition coefficient (Wildman–Crippen LogP) is 15.6. The summed E-state index contributed by atoms with van der Waals surface area (Å²) in [4.78, 5) is 7.07. The molecule has 9 aromatic rings. The average molecular weight is 746 g/mol. The second kappa shape index (κ2) is 14.6. The Labute approximate surface area is 341 Å². The summed E-state index contributed by atoms with van der Waals surface area (Å²) in [6.45, 7) is 4.70. The lowest BCUT2D eigenvalue weighted by Gasteiger charge is -2.30. The first kappa shape index (κ1) is 35.1. The van der Waals surface area contributed by atoms with Crippen LogP contribution in [0.3, 0.4) is 0 Å². The van der Waals surface area contributed by atoms with Crippen molar-refractivity contribution in [1.29, 1.82) is 0 Å². The maximum Gasteiger partial charge on any atom is 0.0540 e. The van der Waals surface area contributed by atoms with Crippen LogP contribution < -0.4 is 14.7 Å². The first-order valence-electron chi connectivity index (χ1n) is 20.0. The van der Waals surface area contributed by atoms with Gasteiger partial charge in [0.2, 0.25) is 0 Å². The molecule has 0 aliphatic heterocycles. The molecule has 0 aromatic heterocycles. The number of benzene rings is 9. The Balaban J connectivity index is 1.10. The van der Waals surface area contributed by atoms with Crippen molar-refractivity contribution in [3.05, 3.63) is 236 Å². The molecule has 3 nitrogen and oxygen atoms in total. The van der Waals surface area contributed by atoms with Crippen molar-refractivity contribution in [2.24, 2.45) is 0 Å². The zero-order chi connectivity index (χ0) is 39.1. The van der Waals surface area contributed by atoms with Crippen molar-refractivity contribution in [3.63, 3.8) is 0 Å². The smallest absolute Gasteiger partial charge is 0.0540 e. The molecule has 0 spiro atoms. The predicted molar refractivity (Wildman–Crippen MR) is 246 cm³/mol. The van der Waals surface area contributed by atoms with E-state index in [4.69, 9.17) is 0 Å². The molecule has 0 radical (unpaired) electrons. The van der Waals surface area contributed by atoms with E-state index >= 15 is 0 Å². The molecular weight excluding hydrogens is 703 g/mol. The van der Waals surface area contributed by atoms with Gasteiger partial charge in [0.1, 0.15) is 0 Å². The lowest BCUT2D eigenvalue weighted by molar-refractivity contribution is 0.660. The molecule has 3 heteroatoms. The molecule has 58 heavy (non-hydrogen) atoms. The van der Waals surface area contributed by atoms with E-state index in [2.05, 4.69) is 253 Å². The number of fused-ring (bicyclic) bond motifs is 4. The lowest BCUT2D eigenvalue weighted by atomic mass is 9.82. The summed E-state index contributed by atoms with van der Waals surface area (Å²) in [6, 6.07) is 80.9. The van der Waals surface area contributed by atoms with Gasteiger partial charge in [0.25, 0.3) is 0 Å². The number of nitrogens with zero attached hydrogens (tertiary/aromatic N) is 3. The van der Waals surface area contributed by atoms with Crippen LogP contribution in [0, 0.1) is 0 Å². The minimum atomic E-state index is -0.123. The molecule has 0 saturated heterocycles. The molecule has 0 unspecified atom stereocenters. The van der Waals surface area contributed by atoms with Gasteiger partial charge in [-0.25, -0.2) is 0 Å². The van der Waals surface area contributed by atoms with Crippen molar-refractivity contribution in [2.75, 3.05) is 14.7 Å². The van der Waals surface area contributed by atoms with E-state index in [0.29, 0.717) is 0 Å². The minimum Gasteiger partial charge on any atom is -0.311 e. The first-order valence-corrected chi connectivity index (χ1v) is 20.0. The maximum atomic E-state index is 2.41. The summed E-state index contributed by atoms with van der Waals surface area (Å²) in [5.74, 6) is 0. The van der Waals surface area contributed by atoms with Gasteiger partial charge in [0.05, 0.1) is 5.69 Å². The van der Waals surface area contributed by atoms with Crippen molar-refractivity contribution in [2.45, 2.75) is 19.3 Å². The molecule has 0 atom stereocenters. The quantitative estimate of drug-likeness (QED) is 0.146. The van der Waals surface area contributed by atoms with Crippen LogP contribution in [0.25, 0.3) is 21.9 Å². The molecule has 9 aromatic carbocycles. The molecule has 0 amide bonds. The van der Waals surface area contributed by atoms with E-state index in [1.54, 1.807) is 0 Å². The number of para-hydroxylation sites is 3. The van der Waals surface area contributed by atoms with Crippen LogP contribution in [0.2, 0.25) is 0 Å². The van der Waals surface area contributed by atoms with Crippen molar-refractivity contribution in [1.82, 2.24) is 0 Å². The van der Waals surface area contributed by atoms with Gasteiger partial charge >= 0.3 is 0 Å². The number of anilines is 9. The average Bonchev–Trinajstić information content (AvgIpc) is 3.51. The monoisotopic (exact) mass is 745 g/mol. The standard InChI is InChI=1S/C55H43N3/c1-55(2)52-27-15-14-26-50(52)51-38-37-48(39-53(51)55)57(45-31-29-44(30-32-45)56(41-19-6-3-7-20-41)42-21-8-4-9-22-42)46-33-35-47(36-34-46)58(43-23-10-5-11-24-43)54-28-16-18-40-17-12-13-25-49(40)54/h3-39H,1-2H3. The molecular formula is C55H43N3. The summed E-state index contributed by atoms with van der Waals surface area (Å²) in [5.41, 5.74) is 15.2. The molecule has 0 heterocycles. The minimum absolute atomic E-state index is 0.123. The third kappa shape index (κ3) is 6.18. The number of rotatable bonds is 9. The number of hydrogen-bond acceptors (Lipinski definition) is 3. The van der Waals surface area contributed by atoms with Crippen LogP contribution >= 0.6 is 0 Å². The molecule has 0 N–H and O–H groups in total. The van der Waals surface area contributed by atoms with Crippen LogP contribution in [0.15, 0.2) is 224 Å². The molecule has 1 aliphatic carbocycles. The third-order valence-corrected chi connectivity index (χ3v) is 11.6. The van der Waals surface area contributed by atoms with Crippen LogP contribution in [0.1, 0.15) is 25.0 Å². The Hall–Kier alpha value is -7.36. The molecule has 0 bridgehead atoms. The van der Waals surface area contributed by atoms with Gasteiger partial charge in [-0.05, 0) is 131 Å². The zero-order valence-corrected chi connectivity index (χ0v) is 32.7. The van der Waals surface area contributed by atoms with Crippen LogP contribution in [0.4, 0.5) is 51.2 Å². The Bertz CT molecular complexity index is 2800. The second-order valence-electron chi connectivity index (χ2n) is 15.4. The number of hydrogen-bond donors (Lipinski definition) is 0.